The van der Waals surface area contributed by atoms with Gasteiger partial charge in [-0.05, 0) is 61.7 Å². The van der Waals surface area contributed by atoms with Crippen LogP contribution in [0, 0.1) is 5.82 Å². The summed E-state index contributed by atoms with van der Waals surface area (Å²) >= 11 is 6.25. The molecule has 2 fully saturated rings. The van der Waals surface area contributed by atoms with E-state index >= 15 is 0 Å². The predicted octanol–water partition coefficient (Wildman–Crippen LogP) is 3.96. The molecule has 0 unspecified atom stereocenters. The summed E-state index contributed by atoms with van der Waals surface area (Å²) < 4.78 is 16.3. The molecular weight excluding hydrogens is 481 g/mol. The summed E-state index contributed by atoms with van der Waals surface area (Å²) in [6, 6.07) is 10.4. The smallest absolute Gasteiger partial charge is 0.238 e. The first-order valence-corrected chi connectivity index (χ1v) is 13.0. The number of amides is 2. The Labute approximate surface area is 214 Å². The second-order valence-corrected chi connectivity index (χ2v) is 10.6. The minimum atomic E-state index is -0.481. The maximum Gasteiger partial charge on any atom is 0.238 e. The zero-order chi connectivity index (χ0) is 25.0. The molecule has 188 valence electrons. The lowest BCUT2D eigenvalue weighted by Crippen LogP contribution is -2.48. The van der Waals surface area contributed by atoms with E-state index in [0.29, 0.717) is 17.3 Å². The molecular formula is C27H29ClFN5O2. The zero-order valence-electron chi connectivity index (χ0n) is 20.3. The predicted molar refractivity (Wildman–Crippen MR) is 137 cm³/mol. The SMILES string of the molecule is CC(=O)N1CCN(CCCn2c(CN3C(=O)C4(CC4)c4ccc(F)cc43)nc3cc(Cl)ccc32)CC1. The Kier molecular flexibility index (Phi) is 5.76. The summed E-state index contributed by atoms with van der Waals surface area (Å²) in [5.41, 5.74) is 2.88. The van der Waals surface area contributed by atoms with E-state index in [1.54, 1.807) is 17.9 Å². The molecule has 7 nitrogen and oxygen atoms in total. The van der Waals surface area contributed by atoms with Crippen molar-refractivity contribution < 1.29 is 14.0 Å². The molecule has 36 heavy (non-hydrogen) atoms. The number of hydrogen-bond donors (Lipinski definition) is 0. The summed E-state index contributed by atoms with van der Waals surface area (Å²) in [5.74, 6) is 0.612. The number of halogens is 2. The molecule has 1 aliphatic carbocycles. The topological polar surface area (TPSA) is 61.7 Å². The highest BCUT2D eigenvalue weighted by Crippen LogP contribution is 2.57. The number of piperazine rings is 1. The van der Waals surface area contributed by atoms with Crippen LogP contribution in [0.1, 0.15) is 37.6 Å². The van der Waals surface area contributed by atoms with Gasteiger partial charge in [-0.1, -0.05) is 17.7 Å². The van der Waals surface area contributed by atoms with E-state index in [9.17, 15) is 14.0 Å². The van der Waals surface area contributed by atoms with Gasteiger partial charge in [0.15, 0.2) is 0 Å². The molecule has 1 saturated carbocycles. The summed E-state index contributed by atoms with van der Waals surface area (Å²) in [4.78, 5) is 35.9. The van der Waals surface area contributed by atoms with Crippen LogP contribution in [0.3, 0.4) is 0 Å². The average Bonchev–Trinajstić information content (AvgIpc) is 3.55. The molecule has 9 heteroatoms. The van der Waals surface area contributed by atoms with Crippen LogP contribution >= 0.6 is 11.6 Å². The highest BCUT2D eigenvalue weighted by atomic mass is 35.5. The first kappa shape index (κ1) is 23.4. The molecule has 0 bridgehead atoms. The van der Waals surface area contributed by atoms with Crippen molar-refractivity contribution in [1.82, 2.24) is 19.4 Å². The summed E-state index contributed by atoms with van der Waals surface area (Å²) in [6.07, 6.45) is 2.53. The van der Waals surface area contributed by atoms with Crippen molar-refractivity contribution in [2.45, 2.75) is 44.7 Å². The van der Waals surface area contributed by atoms with Crippen LogP contribution in [0.4, 0.5) is 10.1 Å². The molecule has 0 N–H and O–H groups in total. The number of rotatable bonds is 6. The van der Waals surface area contributed by atoms with Crippen molar-refractivity contribution in [3.05, 3.63) is 58.6 Å². The van der Waals surface area contributed by atoms with Gasteiger partial charge in [0.1, 0.15) is 11.6 Å². The van der Waals surface area contributed by atoms with Gasteiger partial charge in [0.25, 0.3) is 0 Å². The van der Waals surface area contributed by atoms with E-state index in [1.807, 2.05) is 23.1 Å². The fourth-order valence-electron chi connectivity index (χ4n) is 5.78. The summed E-state index contributed by atoms with van der Waals surface area (Å²) in [6.45, 7) is 6.85. The Hall–Kier alpha value is -2.97. The van der Waals surface area contributed by atoms with Crippen molar-refractivity contribution >= 4 is 40.1 Å². The first-order valence-electron chi connectivity index (χ1n) is 12.6. The lowest BCUT2D eigenvalue weighted by atomic mass is 9.98. The van der Waals surface area contributed by atoms with Crippen molar-refractivity contribution in [3.8, 4) is 0 Å². The largest absolute Gasteiger partial charge is 0.340 e. The quantitative estimate of drug-likeness (QED) is 0.504. The Morgan fingerprint density at radius 1 is 1.08 bits per heavy atom. The third-order valence-electron chi connectivity index (χ3n) is 7.93. The zero-order valence-corrected chi connectivity index (χ0v) is 21.1. The van der Waals surface area contributed by atoms with Gasteiger partial charge in [0, 0.05) is 44.7 Å². The van der Waals surface area contributed by atoms with Crippen LogP contribution in [0.15, 0.2) is 36.4 Å². The van der Waals surface area contributed by atoms with Gasteiger partial charge in [-0.3, -0.25) is 14.5 Å². The van der Waals surface area contributed by atoms with Gasteiger partial charge in [0.2, 0.25) is 11.8 Å². The van der Waals surface area contributed by atoms with E-state index in [2.05, 4.69) is 9.47 Å². The third kappa shape index (κ3) is 3.96. The Bertz CT molecular complexity index is 1360. The minimum Gasteiger partial charge on any atom is -0.340 e. The van der Waals surface area contributed by atoms with Gasteiger partial charge in [-0.25, -0.2) is 9.37 Å². The number of carbonyl (C=O) groups excluding carboxylic acids is 2. The number of nitrogens with zero attached hydrogens (tertiary/aromatic N) is 5. The lowest BCUT2D eigenvalue weighted by Gasteiger charge is -2.34. The van der Waals surface area contributed by atoms with Gasteiger partial charge in [-0.15, -0.1) is 0 Å². The van der Waals surface area contributed by atoms with Crippen molar-refractivity contribution in [2.75, 3.05) is 37.6 Å². The number of aryl methyl sites for hydroxylation is 1. The maximum atomic E-state index is 14.2. The maximum absolute atomic E-state index is 14.2. The lowest BCUT2D eigenvalue weighted by molar-refractivity contribution is -0.130. The third-order valence-corrected chi connectivity index (χ3v) is 8.17. The molecule has 2 aromatic carbocycles. The molecule has 0 atom stereocenters. The first-order chi connectivity index (χ1) is 17.4. The average molecular weight is 510 g/mol. The number of benzene rings is 2. The molecule has 1 aromatic heterocycles. The molecule has 2 amide bonds. The molecule has 3 aromatic rings. The van der Waals surface area contributed by atoms with Crippen molar-refractivity contribution in [3.63, 3.8) is 0 Å². The molecule has 1 saturated heterocycles. The fourth-order valence-corrected chi connectivity index (χ4v) is 5.95. The van der Waals surface area contributed by atoms with Gasteiger partial charge < -0.3 is 14.4 Å². The monoisotopic (exact) mass is 509 g/mol. The summed E-state index contributed by atoms with van der Waals surface area (Å²) in [5, 5.41) is 0.614. The number of aromatic nitrogens is 2. The normalized spacial score (nSPS) is 18.9. The molecule has 3 aliphatic rings. The van der Waals surface area contributed by atoms with Crippen LogP contribution in [0.25, 0.3) is 11.0 Å². The second-order valence-electron chi connectivity index (χ2n) is 10.1. The van der Waals surface area contributed by atoms with Crippen LogP contribution in [0.2, 0.25) is 5.02 Å². The van der Waals surface area contributed by atoms with Crippen molar-refractivity contribution in [2.24, 2.45) is 0 Å². The second kappa shape index (κ2) is 8.85. The van der Waals surface area contributed by atoms with Crippen LogP contribution < -0.4 is 4.90 Å². The van der Waals surface area contributed by atoms with Crippen LogP contribution in [-0.4, -0.2) is 63.9 Å². The fraction of sp³-hybridized carbons (Fsp3) is 0.444. The Morgan fingerprint density at radius 3 is 2.58 bits per heavy atom. The molecule has 0 radical (unpaired) electrons. The van der Waals surface area contributed by atoms with Crippen molar-refractivity contribution in [1.29, 1.82) is 0 Å². The van der Waals surface area contributed by atoms with Crippen LogP contribution in [-0.2, 0) is 28.1 Å². The number of anilines is 1. The van der Waals surface area contributed by atoms with Gasteiger partial charge in [-0.2, -0.15) is 0 Å². The molecule has 1 spiro atoms. The number of fused-ring (bicyclic) bond motifs is 3. The Balaban J connectivity index is 1.24. The van der Waals surface area contributed by atoms with Gasteiger partial charge >= 0.3 is 0 Å². The van der Waals surface area contributed by atoms with E-state index < -0.39 is 5.41 Å². The molecule has 2 aliphatic heterocycles. The molecule has 3 heterocycles. The Morgan fingerprint density at radius 2 is 1.86 bits per heavy atom. The van der Waals surface area contributed by atoms with E-state index in [4.69, 9.17) is 16.6 Å². The highest BCUT2D eigenvalue weighted by Gasteiger charge is 2.59. The summed E-state index contributed by atoms with van der Waals surface area (Å²) in [7, 11) is 0. The minimum absolute atomic E-state index is 0.0445. The van der Waals surface area contributed by atoms with E-state index in [1.165, 1.54) is 12.1 Å². The van der Waals surface area contributed by atoms with Gasteiger partial charge in [0.05, 0.1) is 28.7 Å². The van der Waals surface area contributed by atoms with Crippen LogP contribution in [0.5, 0.6) is 0 Å². The number of imidazole rings is 1. The number of hydrogen-bond acceptors (Lipinski definition) is 4. The van der Waals surface area contributed by atoms with E-state index in [-0.39, 0.29) is 17.6 Å². The van der Waals surface area contributed by atoms with E-state index in [0.717, 1.165) is 81.0 Å². The standard InChI is InChI=1S/C27H29ClFN5O2/c1-18(35)32-13-11-31(12-14-32)9-2-10-33-23-6-3-19(28)15-22(23)30-25(33)17-34-24-16-20(29)4-5-21(24)27(7-8-27)26(34)36/h3-6,15-16H,2,7-14,17H2,1H3. The highest BCUT2D eigenvalue weighted by molar-refractivity contribution is 6.31. The molecule has 6 rings (SSSR count). The number of carbonyl (C=O) groups is 2.